The molecule has 1 amide bonds. The minimum absolute atomic E-state index is 0.0891. The molecule has 0 aromatic heterocycles. The number of nitrogens with zero attached hydrogens (tertiary/aromatic N) is 2. The van der Waals surface area contributed by atoms with E-state index in [0.717, 1.165) is 6.42 Å². The van der Waals surface area contributed by atoms with Crippen molar-refractivity contribution >= 4 is 31.6 Å². The molecule has 0 saturated carbocycles. The molecular weight excluding hydrogens is 450 g/mol. The van der Waals surface area contributed by atoms with Crippen LogP contribution >= 0.6 is 0 Å². The fourth-order valence-corrected chi connectivity index (χ4v) is 7.97. The van der Waals surface area contributed by atoms with Gasteiger partial charge < -0.3 is 5.32 Å². The van der Waals surface area contributed by atoms with E-state index in [-0.39, 0.29) is 23.1 Å². The molecule has 1 aromatic carbocycles. The van der Waals surface area contributed by atoms with Crippen LogP contribution in [-0.4, -0.2) is 63.3 Å². The van der Waals surface area contributed by atoms with Crippen LogP contribution in [0.1, 0.15) is 46.5 Å². The average molecular weight is 486 g/mol. The first-order chi connectivity index (χ1) is 15.0. The van der Waals surface area contributed by atoms with E-state index in [9.17, 15) is 21.6 Å². The van der Waals surface area contributed by atoms with Gasteiger partial charge in [-0.25, -0.2) is 21.1 Å². The molecule has 0 bridgehead atoms. The minimum atomic E-state index is -3.58. The van der Waals surface area contributed by atoms with E-state index in [0.29, 0.717) is 56.4 Å². The first kappa shape index (κ1) is 25.1. The van der Waals surface area contributed by atoms with E-state index in [2.05, 4.69) is 19.2 Å². The summed E-state index contributed by atoms with van der Waals surface area (Å²) in [7, 11) is -6.91. The molecular formula is C22H35N3O5S2. The van der Waals surface area contributed by atoms with Gasteiger partial charge >= 0.3 is 0 Å². The SMILES string of the molecule is CCCS(=O)(=O)N1CCC[C@H](C(=O)Nc2ccc(S(=O)(=O)N3C[C@H](C)C[C@@H](C)C3)cc2)C1. The largest absolute Gasteiger partial charge is 0.326 e. The third-order valence-electron chi connectivity index (χ3n) is 6.21. The standard InChI is InChI=1S/C22H35N3O5S2/c1-4-12-31(27,28)24-11-5-6-19(16-24)22(26)23-20-7-9-21(10-8-20)32(29,30)25-14-17(2)13-18(3)15-25/h7-10,17-19H,4-6,11-16H2,1-3H3,(H,23,26)/t17-,18-,19+/m1/s1. The summed E-state index contributed by atoms with van der Waals surface area (Å²) in [5.74, 6) is 0.0728. The number of carbonyl (C=O) groups is 1. The van der Waals surface area contributed by atoms with Crippen molar-refractivity contribution < 1.29 is 21.6 Å². The molecule has 2 fully saturated rings. The van der Waals surface area contributed by atoms with Crippen molar-refractivity contribution in [3.05, 3.63) is 24.3 Å². The summed E-state index contributed by atoms with van der Waals surface area (Å²) in [6.07, 6.45) is 2.84. The fraction of sp³-hybridized carbons (Fsp3) is 0.682. The summed E-state index contributed by atoms with van der Waals surface area (Å²) in [6, 6.07) is 6.23. The molecule has 180 valence electrons. The van der Waals surface area contributed by atoms with Crippen LogP contribution in [0.15, 0.2) is 29.2 Å². The predicted molar refractivity (Wildman–Crippen MR) is 125 cm³/mol. The Labute approximate surface area is 192 Å². The lowest BCUT2D eigenvalue weighted by molar-refractivity contribution is -0.120. The number of anilines is 1. The summed E-state index contributed by atoms with van der Waals surface area (Å²) in [6.45, 7) is 7.63. The molecule has 3 rings (SSSR count). The van der Waals surface area contributed by atoms with E-state index in [1.54, 1.807) is 16.4 Å². The Kier molecular flexibility index (Phi) is 8.01. The number of piperidine rings is 2. The molecule has 32 heavy (non-hydrogen) atoms. The fourth-order valence-electron chi connectivity index (χ4n) is 4.70. The van der Waals surface area contributed by atoms with Gasteiger partial charge in [0.25, 0.3) is 0 Å². The second-order valence-electron chi connectivity index (χ2n) is 9.29. The van der Waals surface area contributed by atoms with Crippen molar-refractivity contribution in [3.63, 3.8) is 0 Å². The lowest BCUT2D eigenvalue weighted by atomic mass is 9.94. The maximum Gasteiger partial charge on any atom is 0.243 e. The molecule has 1 aromatic rings. The van der Waals surface area contributed by atoms with Crippen LogP contribution in [-0.2, 0) is 24.8 Å². The molecule has 2 heterocycles. The lowest BCUT2D eigenvalue weighted by Gasteiger charge is -2.34. The van der Waals surface area contributed by atoms with Crippen LogP contribution in [0.5, 0.6) is 0 Å². The molecule has 8 nitrogen and oxygen atoms in total. The first-order valence-electron chi connectivity index (χ1n) is 11.4. The molecule has 2 aliphatic heterocycles. The average Bonchev–Trinajstić information content (AvgIpc) is 2.73. The van der Waals surface area contributed by atoms with Gasteiger partial charge in [0, 0.05) is 31.9 Å². The van der Waals surface area contributed by atoms with Gasteiger partial charge in [0.15, 0.2) is 0 Å². The molecule has 1 N–H and O–H groups in total. The first-order valence-corrected chi connectivity index (χ1v) is 14.5. The second kappa shape index (κ2) is 10.2. The van der Waals surface area contributed by atoms with Crippen LogP contribution in [0.25, 0.3) is 0 Å². The second-order valence-corrected chi connectivity index (χ2v) is 13.3. The van der Waals surface area contributed by atoms with Gasteiger partial charge in [0.2, 0.25) is 26.0 Å². The Balaban J connectivity index is 1.64. The predicted octanol–water partition coefficient (Wildman–Crippen LogP) is 2.74. The molecule has 2 aliphatic rings. The van der Waals surface area contributed by atoms with Crippen LogP contribution < -0.4 is 5.32 Å². The van der Waals surface area contributed by atoms with E-state index in [1.165, 1.54) is 16.4 Å². The third kappa shape index (κ3) is 5.89. The summed E-state index contributed by atoms with van der Waals surface area (Å²) in [5, 5.41) is 2.82. The molecule has 0 unspecified atom stereocenters. The van der Waals surface area contributed by atoms with Crippen LogP contribution in [0.2, 0.25) is 0 Å². The van der Waals surface area contributed by atoms with E-state index < -0.39 is 26.0 Å². The smallest absolute Gasteiger partial charge is 0.243 e. The Hall–Kier alpha value is -1.49. The lowest BCUT2D eigenvalue weighted by Crippen LogP contribution is -2.44. The Bertz CT molecular complexity index is 999. The topological polar surface area (TPSA) is 104 Å². The van der Waals surface area contributed by atoms with Crippen molar-refractivity contribution in [2.24, 2.45) is 17.8 Å². The van der Waals surface area contributed by atoms with Crippen LogP contribution in [0.4, 0.5) is 5.69 Å². The maximum absolute atomic E-state index is 13.0. The normalized spacial score (nSPS) is 26.0. The quantitative estimate of drug-likeness (QED) is 0.640. The van der Waals surface area contributed by atoms with E-state index in [4.69, 9.17) is 0 Å². The van der Waals surface area contributed by atoms with Crippen molar-refractivity contribution in [2.45, 2.75) is 51.3 Å². The van der Waals surface area contributed by atoms with Gasteiger partial charge in [0.05, 0.1) is 16.6 Å². The van der Waals surface area contributed by atoms with Crippen molar-refractivity contribution in [2.75, 3.05) is 37.2 Å². The zero-order valence-electron chi connectivity index (χ0n) is 19.2. The number of nitrogens with one attached hydrogen (secondary N) is 1. The third-order valence-corrected chi connectivity index (χ3v) is 10.1. The molecule has 0 radical (unpaired) electrons. The van der Waals surface area contributed by atoms with Crippen LogP contribution in [0, 0.1) is 17.8 Å². The molecule has 10 heteroatoms. The van der Waals surface area contributed by atoms with Crippen molar-refractivity contribution in [1.29, 1.82) is 0 Å². The zero-order valence-corrected chi connectivity index (χ0v) is 20.8. The van der Waals surface area contributed by atoms with Gasteiger partial charge in [-0.05, 0) is 61.8 Å². The van der Waals surface area contributed by atoms with Crippen molar-refractivity contribution in [1.82, 2.24) is 8.61 Å². The molecule has 2 saturated heterocycles. The van der Waals surface area contributed by atoms with Gasteiger partial charge in [-0.3, -0.25) is 4.79 Å². The molecule has 3 atom stereocenters. The van der Waals surface area contributed by atoms with Gasteiger partial charge in [-0.2, -0.15) is 4.31 Å². The monoisotopic (exact) mass is 485 g/mol. The highest BCUT2D eigenvalue weighted by Crippen LogP contribution is 2.27. The van der Waals surface area contributed by atoms with Gasteiger partial charge in [-0.15, -0.1) is 0 Å². The highest BCUT2D eigenvalue weighted by atomic mass is 32.2. The van der Waals surface area contributed by atoms with Gasteiger partial charge in [0.1, 0.15) is 0 Å². The number of sulfonamides is 2. The minimum Gasteiger partial charge on any atom is -0.326 e. The van der Waals surface area contributed by atoms with Gasteiger partial charge in [-0.1, -0.05) is 20.8 Å². The molecule has 0 aliphatic carbocycles. The Morgan fingerprint density at radius 1 is 1.00 bits per heavy atom. The number of benzene rings is 1. The Morgan fingerprint density at radius 2 is 1.62 bits per heavy atom. The number of amides is 1. The maximum atomic E-state index is 13.0. The van der Waals surface area contributed by atoms with Crippen LogP contribution in [0.3, 0.4) is 0 Å². The summed E-state index contributed by atoms with van der Waals surface area (Å²) < 4.78 is 53.7. The summed E-state index contributed by atoms with van der Waals surface area (Å²) in [4.78, 5) is 13.0. The zero-order chi connectivity index (χ0) is 23.5. The summed E-state index contributed by atoms with van der Waals surface area (Å²) >= 11 is 0. The van der Waals surface area contributed by atoms with E-state index >= 15 is 0 Å². The number of hydrogen-bond donors (Lipinski definition) is 1. The molecule has 0 spiro atoms. The highest BCUT2D eigenvalue weighted by molar-refractivity contribution is 7.89. The highest BCUT2D eigenvalue weighted by Gasteiger charge is 2.33. The Morgan fingerprint density at radius 3 is 2.22 bits per heavy atom. The van der Waals surface area contributed by atoms with E-state index in [1.807, 2.05) is 6.92 Å². The number of rotatable bonds is 7. The van der Waals surface area contributed by atoms with Crippen molar-refractivity contribution in [3.8, 4) is 0 Å². The summed E-state index contributed by atoms with van der Waals surface area (Å²) in [5.41, 5.74) is 0.503. The number of carbonyl (C=O) groups excluding carboxylic acids is 1. The number of hydrogen-bond acceptors (Lipinski definition) is 5.